The highest BCUT2D eigenvalue weighted by Crippen LogP contribution is 2.20. The zero-order valence-corrected chi connectivity index (χ0v) is 9.32. The van der Waals surface area contributed by atoms with E-state index < -0.39 is 5.66 Å². The van der Waals surface area contributed by atoms with E-state index in [0.717, 1.165) is 0 Å². The number of hydrogen-bond acceptors (Lipinski definition) is 6. The molecule has 2 heterocycles. The maximum absolute atomic E-state index is 12.4. The van der Waals surface area contributed by atoms with Gasteiger partial charge in [0.1, 0.15) is 18.4 Å². The first-order chi connectivity index (χ1) is 8.72. The summed E-state index contributed by atoms with van der Waals surface area (Å²) in [5.41, 5.74) is 5.32. The molecule has 18 heavy (non-hydrogen) atoms. The summed E-state index contributed by atoms with van der Waals surface area (Å²) in [7, 11) is 0. The van der Waals surface area contributed by atoms with Crippen molar-refractivity contribution in [3.05, 3.63) is 35.9 Å². The van der Waals surface area contributed by atoms with Crippen molar-refractivity contribution in [3.63, 3.8) is 0 Å². The van der Waals surface area contributed by atoms with Gasteiger partial charge in [-0.05, 0) is 0 Å². The minimum Gasteiger partial charge on any atom is -0.295 e. The molecular formula is C12H9N5O. The Kier molecular flexibility index (Phi) is 2.24. The van der Waals surface area contributed by atoms with Crippen molar-refractivity contribution in [2.75, 3.05) is 0 Å². The lowest BCUT2D eigenvalue weighted by atomic mass is 9.93. The van der Waals surface area contributed by atoms with Crippen molar-refractivity contribution >= 4 is 30.0 Å². The minimum absolute atomic E-state index is 0.291. The van der Waals surface area contributed by atoms with Crippen LogP contribution in [-0.4, -0.2) is 35.7 Å². The average molecular weight is 239 g/mol. The van der Waals surface area contributed by atoms with Gasteiger partial charge < -0.3 is 0 Å². The Morgan fingerprint density at radius 3 is 2.67 bits per heavy atom. The normalized spacial score (nSPS) is 24.5. The van der Waals surface area contributed by atoms with Gasteiger partial charge in [-0.25, -0.2) is 20.0 Å². The molecule has 0 aromatic heterocycles. The second-order valence-electron chi connectivity index (χ2n) is 3.88. The first-order valence-corrected chi connectivity index (χ1v) is 5.33. The summed E-state index contributed by atoms with van der Waals surface area (Å²) in [4.78, 5) is 28.3. The van der Waals surface area contributed by atoms with Crippen molar-refractivity contribution in [2.45, 2.75) is 5.66 Å². The number of Topliss-reactive ketones (excluding diaryl/α,β-unsaturated/α-hetero) is 1. The predicted molar refractivity (Wildman–Crippen MR) is 69.5 cm³/mol. The van der Waals surface area contributed by atoms with Crippen molar-refractivity contribution in [1.82, 2.24) is 0 Å². The summed E-state index contributed by atoms with van der Waals surface area (Å²) >= 11 is 0. The standard InChI is InChI=1S/C12H9N5O/c13-12(10(18)8-4-2-1-3-5-8)9-11(15-6-14-9)16-7-17-12/h1-7H,13H2. The first-order valence-electron chi connectivity index (χ1n) is 5.33. The number of aliphatic imine (C=N–C) groups is 4. The third kappa shape index (κ3) is 1.43. The maximum Gasteiger partial charge on any atom is 0.220 e. The van der Waals surface area contributed by atoms with Gasteiger partial charge in [-0.2, -0.15) is 0 Å². The topological polar surface area (TPSA) is 92.5 Å². The number of hydrogen-bond donors (Lipinski definition) is 1. The van der Waals surface area contributed by atoms with Crippen LogP contribution in [0.25, 0.3) is 0 Å². The Morgan fingerprint density at radius 1 is 1.11 bits per heavy atom. The van der Waals surface area contributed by atoms with Gasteiger partial charge in [0.25, 0.3) is 0 Å². The second kappa shape index (κ2) is 3.78. The molecule has 1 atom stereocenters. The number of carbonyl (C=O) groups excluding carboxylic acids is 1. The zero-order valence-electron chi connectivity index (χ0n) is 9.32. The van der Waals surface area contributed by atoms with E-state index in [1.54, 1.807) is 24.3 Å². The number of nitrogens with zero attached hydrogens (tertiary/aromatic N) is 4. The van der Waals surface area contributed by atoms with E-state index in [-0.39, 0.29) is 5.78 Å². The van der Waals surface area contributed by atoms with E-state index in [1.165, 1.54) is 12.7 Å². The lowest BCUT2D eigenvalue weighted by Gasteiger charge is -2.24. The van der Waals surface area contributed by atoms with Crippen LogP contribution in [0, 0.1) is 0 Å². The van der Waals surface area contributed by atoms with E-state index in [9.17, 15) is 4.79 Å². The number of rotatable bonds is 2. The van der Waals surface area contributed by atoms with E-state index in [1.807, 2.05) is 6.07 Å². The Labute approximate surface area is 103 Å². The molecule has 1 aromatic rings. The third-order valence-corrected chi connectivity index (χ3v) is 2.76. The summed E-state index contributed by atoms with van der Waals surface area (Å²) in [5.74, 6) is 0.0211. The molecule has 0 fully saturated rings. The SMILES string of the molecule is NC1(C(=O)c2ccccc2)N=CN=C2N=CN=C21. The van der Waals surface area contributed by atoms with E-state index >= 15 is 0 Å². The quantitative estimate of drug-likeness (QED) is 0.758. The highest BCUT2D eigenvalue weighted by Gasteiger charge is 2.44. The number of carbonyl (C=O) groups is 1. The molecule has 6 heteroatoms. The van der Waals surface area contributed by atoms with Gasteiger partial charge in [0, 0.05) is 5.56 Å². The van der Waals surface area contributed by atoms with Crippen LogP contribution in [0.2, 0.25) is 0 Å². The molecule has 6 nitrogen and oxygen atoms in total. The van der Waals surface area contributed by atoms with Gasteiger partial charge in [-0.15, -0.1) is 0 Å². The molecule has 2 aliphatic heterocycles. The molecule has 88 valence electrons. The molecule has 0 radical (unpaired) electrons. The molecule has 0 saturated heterocycles. The molecule has 3 rings (SSSR count). The highest BCUT2D eigenvalue weighted by molar-refractivity contribution is 6.54. The van der Waals surface area contributed by atoms with Crippen molar-refractivity contribution in [1.29, 1.82) is 0 Å². The smallest absolute Gasteiger partial charge is 0.220 e. The van der Waals surface area contributed by atoms with Crippen LogP contribution in [0.4, 0.5) is 0 Å². The summed E-state index contributed by atoms with van der Waals surface area (Å²) in [6.45, 7) is 0. The van der Waals surface area contributed by atoms with Gasteiger partial charge in [0.2, 0.25) is 11.4 Å². The van der Waals surface area contributed by atoms with Crippen LogP contribution < -0.4 is 5.73 Å². The van der Waals surface area contributed by atoms with E-state index in [4.69, 9.17) is 5.73 Å². The van der Waals surface area contributed by atoms with Crippen LogP contribution in [-0.2, 0) is 0 Å². The monoisotopic (exact) mass is 239 g/mol. The Bertz CT molecular complexity index is 629. The highest BCUT2D eigenvalue weighted by atomic mass is 16.1. The van der Waals surface area contributed by atoms with Gasteiger partial charge in [-0.1, -0.05) is 30.3 Å². The van der Waals surface area contributed by atoms with Crippen LogP contribution >= 0.6 is 0 Å². The average Bonchev–Trinajstić information content (AvgIpc) is 2.89. The van der Waals surface area contributed by atoms with Gasteiger partial charge in [0.05, 0.1) is 0 Å². The van der Waals surface area contributed by atoms with E-state index in [2.05, 4.69) is 20.0 Å². The number of ketones is 1. The molecular weight excluding hydrogens is 230 g/mol. The summed E-state index contributed by atoms with van der Waals surface area (Å²) in [5, 5.41) is 0. The van der Waals surface area contributed by atoms with Crippen molar-refractivity contribution < 1.29 is 4.79 Å². The van der Waals surface area contributed by atoms with Crippen LogP contribution in [0.5, 0.6) is 0 Å². The summed E-state index contributed by atoms with van der Waals surface area (Å²) < 4.78 is 0. The van der Waals surface area contributed by atoms with Gasteiger partial charge in [-0.3, -0.25) is 10.5 Å². The molecule has 0 amide bonds. The molecule has 0 spiro atoms. The first kappa shape index (κ1) is 10.7. The second-order valence-corrected chi connectivity index (χ2v) is 3.88. The minimum atomic E-state index is -1.53. The number of amidine groups is 1. The fourth-order valence-electron chi connectivity index (χ4n) is 1.84. The lowest BCUT2D eigenvalue weighted by Crippen LogP contribution is -2.56. The van der Waals surface area contributed by atoms with Crippen LogP contribution in [0.3, 0.4) is 0 Å². The van der Waals surface area contributed by atoms with Gasteiger partial charge >= 0.3 is 0 Å². The Balaban J connectivity index is 2.05. The fourth-order valence-corrected chi connectivity index (χ4v) is 1.84. The Morgan fingerprint density at radius 2 is 1.89 bits per heavy atom. The third-order valence-electron chi connectivity index (χ3n) is 2.76. The van der Waals surface area contributed by atoms with Gasteiger partial charge in [0.15, 0.2) is 5.84 Å². The van der Waals surface area contributed by atoms with Crippen LogP contribution in [0.15, 0.2) is 50.3 Å². The molecule has 0 aliphatic carbocycles. The van der Waals surface area contributed by atoms with Crippen molar-refractivity contribution in [2.24, 2.45) is 25.7 Å². The molecule has 1 unspecified atom stereocenters. The predicted octanol–water partition coefficient (Wildman–Crippen LogP) is 0.448. The maximum atomic E-state index is 12.4. The largest absolute Gasteiger partial charge is 0.295 e. The van der Waals surface area contributed by atoms with E-state index in [0.29, 0.717) is 17.1 Å². The number of fused-ring (bicyclic) bond motifs is 1. The molecule has 0 saturated carbocycles. The Hall–Kier alpha value is -2.47. The summed E-state index contributed by atoms with van der Waals surface area (Å²) in [6.07, 6.45) is 2.57. The molecule has 0 bridgehead atoms. The fraction of sp³-hybridized carbons (Fsp3) is 0.0833. The summed E-state index contributed by atoms with van der Waals surface area (Å²) in [6, 6.07) is 8.74. The number of nitrogens with two attached hydrogens (primary N) is 1. The van der Waals surface area contributed by atoms with Crippen molar-refractivity contribution in [3.8, 4) is 0 Å². The van der Waals surface area contributed by atoms with Crippen LogP contribution in [0.1, 0.15) is 10.4 Å². The number of benzene rings is 1. The zero-order chi connectivity index (χ0) is 12.6. The molecule has 1 aromatic carbocycles. The lowest BCUT2D eigenvalue weighted by molar-refractivity contribution is 0.0938. The molecule has 2 N–H and O–H groups in total. The molecule has 2 aliphatic rings.